The van der Waals surface area contributed by atoms with Crippen LogP contribution in [0, 0.1) is 0 Å². The second-order valence-corrected chi connectivity index (χ2v) is 10.2. The van der Waals surface area contributed by atoms with Crippen molar-refractivity contribution in [1.29, 1.82) is 0 Å². The molecule has 2 aliphatic heterocycles. The van der Waals surface area contributed by atoms with Crippen LogP contribution in [0.15, 0.2) is 91.0 Å². The van der Waals surface area contributed by atoms with Crippen LogP contribution in [-0.2, 0) is 24.8 Å². The quantitative estimate of drug-likeness (QED) is 0.537. The van der Waals surface area contributed by atoms with E-state index in [0.29, 0.717) is 0 Å². The Morgan fingerprint density at radius 2 is 1.38 bits per heavy atom. The Labute approximate surface area is 217 Å². The molecule has 37 heavy (non-hydrogen) atoms. The topological polar surface area (TPSA) is 67.9 Å². The largest absolute Gasteiger partial charge is 0.351 e. The Morgan fingerprint density at radius 3 is 1.97 bits per heavy atom. The number of ether oxygens (including phenoxy) is 2. The predicted octanol–water partition coefficient (Wildman–Crippen LogP) is 4.70. The Kier molecular flexibility index (Phi) is 6.53. The van der Waals surface area contributed by atoms with Crippen molar-refractivity contribution in [2.75, 3.05) is 6.54 Å². The molecule has 2 saturated heterocycles. The molecule has 6 rings (SSSR count). The van der Waals surface area contributed by atoms with Gasteiger partial charge < -0.3 is 19.7 Å². The van der Waals surface area contributed by atoms with E-state index in [9.17, 15) is 9.59 Å². The van der Waals surface area contributed by atoms with E-state index in [2.05, 4.69) is 5.32 Å². The van der Waals surface area contributed by atoms with Gasteiger partial charge in [-0.15, -0.1) is 0 Å². The number of hydrogen-bond donors (Lipinski definition) is 1. The Balaban J connectivity index is 1.39. The van der Waals surface area contributed by atoms with Gasteiger partial charge in [-0.25, -0.2) is 0 Å². The van der Waals surface area contributed by atoms with Crippen molar-refractivity contribution in [3.63, 3.8) is 0 Å². The first-order valence-corrected chi connectivity index (χ1v) is 13.3. The summed E-state index contributed by atoms with van der Waals surface area (Å²) >= 11 is 0. The van der Waals surface area contributed by atoms with Crippen LogP contribution in [-0.4, -0.2) is 41.5 Å². The van der Waals surface area contributed by atoms with Gasteiger partial charge in [0.05, 0.1) is 12.6 Å². The highest BCUT2D eigenvalue weighted by molar-refractivity contribution is 5.93. The summed E-state index contributed by atoms with van der Waals surface area (Å²) in [6.07, 6.45) is 3.29. The molecule has 1 aliphatic carbocycles. The standard InChI is InChI=1S/C31H32N2O4/c34-29(32-25-19-11-4-12-20-25)27-28-30(35)33(21-31(36-27,37-28)24-17-9-3-10-18-24)26(22-13-5-1-6-14-22)23-15-7-2-8-16-23/h1-3,5-10,13-18,25-28H,4,11-12,19-21H2,(H,32,34)/t27-,28+,31-/m1/s1. The molecule has 3 aliphatic rings. The maximum absolute atomic E-state index is 14.1. The molecule has 3 aromatic rings. The number of morpholine rings is 1. The fourth-order valence-corrected chi connectivity index (χ4v) is 5.96. The first-order valence-electron chi connectivity index (χ1n) is 13.3. The van der Waals surface area contributed by atoms with Crippen molar-refractivity contribution in [2.24, 2.45) is 0 Å². The number of rotatable bonds is 6. The number of benzene rings is 3. The van der Waals surface area contributed by atoms with E-state index < -0.39 is 18.0 Å². The average Bonchev–Trinajstić information content (AvgIpc) is 3.30. The summed E-state index contributed by atoms with van der Waals surface area (Å²) in [7, 11) is 0. The molecule has 2 bridgehead atoms. The van der Waals surface area contributed by atoms with Gasteiger partial charge in [0.15, 0.2) is 12.2 Å². The molecule has 3 aromatic carbocycles. The highest BCUT2D eigenvalue weighted by Crippen LogP contribution is 2.46. The molecule has 6 nitrogen and oxygen atoms in total. The van der Waals surface area contributed by atoms with Crippen LogP contribution in [0.4, 0.5) is 0 Å². The Bertz CT molecular complexity index is 1190. The van der Waals surface area contributed by atoms with E-state index in [1.54, 1.807) is 0 Å². The van der Waals surface area contributed by atoms with Crippen molar-refractivity contribution in [3.05, 3.63) is 108 Å². The van der Waals surface area contributed by atoms with Crippen molar-refractivity contribution in [1.82, 2.24) is 10.2 Å². The maximum atomic E-state index is 14.1. The number of nitrogens with one attached hydrogen (secondary N) is 1. The summed E-state index contributed by atoms with van der Waals surface area (Å²) in [4.78, 5) is 29.4. The summed E-state index contributed by atoms with van der Waals surface area (Å²) in [5, 5.41) is 3.16. The second-order valence-electron chi connectivity index (χ2n) is 10.2. The lowest BCUT2D eigenvalue weighted by atomic mass is 9.93. The third-order valence-corrected chi connectivity index (χ3v) is 7.78. The molecule has 2 heterocycles. The average molecular weight is 497 g/mol. The van der Waals surface area contributed by atoms with Gasteiger partial charge in [-0.1, -0.05) is 110 Å². The molecule has 1 N–H and O–H groups in total. The summed E-state index contributed by atoms with van der Waals surface area (Å²) in [5.74, 6) is -1.72. The fraction of sp³-hybridized carbons (Fsp3) is 0.355. The zero-order valence-corrected chi connectivity index (χ0v) is 20.8. The fourth-order valence-electron chi connectivity index (χ4n) is 5.96. The van der Waals surface area contributed by atoms with E-state index in [4.69, 9.17) is 9.47 Å². The Morgan fingerprint density at radius 1 is 0.811 bits per heavy atom. The van der Waals surface area contributed by atoms with Gasteiger partial charge in [0, 0.05) is 11.6 Å². The van der Waals surface area contributed by atoms with E-state index >= 15 is 0 Å². The summed E-state index contributed by atoms with van der Waals surface area (Å²) < 4.78 is 12.9. The van der Waals surface area contributed by atoms with Crippen molar-refractivity contribution >= 4 is 11.8 Å². The highest BCUT2D eigenvalue weighted by Gasteiger charge is 2.61. The van der Waals surface area contributed by atoms with E-state index in [1.807, 2.05) is 95.9 Å². The third-order valence-electron chi connectivity index (χ3n) is 7.78. The minimum Gasteiger partial charge on any atom is -0.351 e. The summed E-state index contributed by atoms with van der Waals surface area (Å²) in [6.45, 7) is 0.175. The van der Waals surface area contributed by atoms with Crippen LogP contribution in [0.25, 0.3) is 0 Å². The minimum absolute atomic E-state index is 0.116. The van der Waals surface area contributed by atoms with Gasteiger partial charge in [-0.2, -0.15) is 0 Å². The molecule has 2 amide bonds. The molecule has 0 spiro atoms. The van der Waals surface area contributed by atoms with Gasteiger partial charge in [0.2, 0.25) is 5.79 Å². The minimum atomic E-state index is -1.23. The molecule has 190 valence electrons. The second kappa shape index (κ2) is 10.1. The molecule has 0 unspecified atom stereocenters. The molecule has 1 saturated carbocycles. The molecular weight excluding hydrogens is 464 g/mol. The van der Waals surface area contributed by atoms with Crippen LogP contribution in [0.1, 0.15) is 54.8 Å². The normalized spacial score (nSPS) is 25.9. The number of nitrogens with zero attached hydrogens (tertiary/aromatic N) is 1. The third kappa shape index (κ3) is 4.56. The molecular formula is C31H32N2O4. The lowest BCUT2D eigenvalue weighted by Crippen LogP contribution is -2.55. The number of hydrogen-bond acceptors (Lipinski definition) is 4. The van der Waals surface area contributed by atoms with Crippen molar-refractivity contribution < 1.29 is 19.1 Å². The van der Waals surface area contributed by atoms with E-state index in [-0.39, 0.29) is 30.4 Å². The lowest BCUT2D eigenvalue weighted by molar-refractivity contribution is -0.220. The first kappa shape index (κ1) is 23.9. The van der Waals surface area contributed by atoms with Crippen LogP contribution in [0.5, 0.6) is 0 Å². The zero-order chi connectivity index (χ0) is 25.2. The zero-order valence-electron chi connectivity index (χ0n) is 20.8. The molecule has 0 aromatic heterocycles. The van der Waals surface area contributed by atoms with Crippen LogP contribution < -0.4 is 5.32 Å². The van der Waals surface area contributed by atoms with Crippen LogP contribution in [0.2, 0.25) is 0 Å². The van der Waals surface area contributed by atoms with E-state index in [0.717, 1.165) is 42.4 Å². The number of amides is 2. The number of carbonyl (C=O) groups is 2. The smallest absolute Gasteiger partial charge is 0.256 e. The number of fused-ring (bicyclic) bond motifs is 2. The first-order chi connectivity index (χ1) is 18.1. The van der Waals surface area contributed by atoms with Gasteiger partial charge in [-0.3, -0.25) is 9.59 Å². The molecule has 0 radical (unpaired) electrons. The van der Waals surface area contributed by atoms with Gasteiger partial charge >= 0.3 is 0 Å². The lowest BCUT2D eigenvalue weighted by Gasteiger charge is -2.42. The number of carbonyl (C=O) groups excluding carboxylic acids is 2. The summed E-state index contributed by atoms with van der Waals surface area (Å²) in [6, 6.07) is 29.4. The SMILES string of the molecule is O=C(NC1CCCCC1)[C@@H]1O[C@]2(c3ccccc3)CN(C(c3ccccc3)c3ccccc3)C(=O)[C@H]1O2. The van der Waals surface area contributed by atoms with Crippen molar-refractivity contribution in [2.45, 2.75) is 62.2 Å². The predicted molar refractivity (Wildman–Crippen MR) is 139 cm³/mol. The van der Waals surface area contributed by atoms with Gasteiger partial charge in [0.25, 0.3) is 11.8 Å². The maximum Gasteiger partial charge on any atom is 0.256 e. The highest BCUT2D eigenvalue weighted by atomic mass is 16.8. The molecule has 3 fully saturated rings. The monoisotopic (exact) mass is 496 g/mol. The van der Waals surface area contributed by atoms with Gasteiger partial charge in [0.1, 0.15) is 0 Å². The van der Waals surface area contributed by atoms with E-state index in [1.165, 1.54) is 6.42 Å². The van der Waals surface area contributed by atoms with Gasteiger partial charge in [-0.05, 0) is 24.0 Å². The van der Waals surface area contributed by atoms with Crippen molar-refractivity contribution in [3.8, 4) is 0 Å². The molecule has 3 atom stereocenters. The molecule has 6 heteroatoms. The van der Waals surface area contributed by atoms with Crippen LogP contribution in [0.3, 0.4) is 0 Å². The summed E-state index contributed by atoms with van der Waals surface area (Å²) in [5.41, 5.74) is 2.79. The Hall–Kier alpha value is -3.48. The van der Waals surface area contributed by atoms with Crippen LogP contribution >= 0.6 is 0 Å².